The lowest BCUT2D eigenvalue weighted by atomic mass is 10.3. The molecule has 112 valence electrons. The molecule has 1 heterocycles. The van der Waals surface area contributed by atoms with Gasteiger partial charge in [-0.1, -0.05) is 17.7 Å². The summed E-state index contributed by atoms with van der Waals surface area (Å²) in [6.07, 6.45) is 0. The van der Waals surface area contributed by atoms with Crippen molar-refractivity contribution < 1.29 is 13.2 Å². The van der Waals surface area contributed by atoms with Crippen molar-refractivity contribution >= 4 is 38.7 Å². The molecule has 1 unspecified atom stereocenters. The maximum Gasteiger partial charge on any atom is 0.236 e. The molecule has 2 aromatic rings. The van der Waals surface area contributed by atoms with E-state index in [1.54, 1.807) is 0 Å². The molecule has 0 aliphatic rings. The van der Waals surface area contributed by atoms with E-state index >= 15 is 0 Å². The minimum atomic E-state index is -3.66. The highest BCUT2D eigenvalue weighted by molar-refractivity contribution is 7.92. The fourth-order valence-corrected chi connectivity index (χ4v) is 3.80. The van der Waals surface area contributed by atoms with Crippen molar-refractivity contribution in [1.82, 2.24) is 5.32 Å². The highest BCUT2D eigenvalue weighted by Gasteiger charge is 2.20. The topological polar surface area (TPSA) is 63.2 Å². The van der Waals surface area contributed by atoms with Gasteiger partial charge in [0, 0.05) is 9.90 Å². The van der Waals surface area contributed by atoms with Gasteiger partial charge in [0.15, 0.2) is 9.84 Å². The summed E-state index contributed by atoms with van der Waals surface area (Å²) in [6.45, 7) is 1.82. The lowest BCUT2D eigenvalue weighted by Gasteiger charge is -2.12. The van der Waals surface area contributed by atoms with Gasteiger partial charge in [-0.25, -0.2) is 8.42 Å². The standard InChI is InChI=1S/C14H14ClNO3S2/c1-10(13-3-2-8-20-13)16-14(17)9-21(18,19)12-6-4-11(15)5-7-12/h2-8,10H,9H2,1H3,(H,16,17). The first kappa shape index (κ1) is 16.0. The Kier molecular flexibility index (Phi) is 5.03. The first-order valence-electron chi connectivity index (χ1n) is 6.19. The number of carbonyl (C=O) groups is 1. The van der Waals surface area contributed by atoms with Gasteiger partial charge in [0.25, 0.3) is 0 Å². The second-order valence-electron chi connectivity index (χ2n) is 4.52. The highest BCUT2D eigenvalue weighted by Crippen LogP contribution is 2.19. The Morgan fingerprint density at radius 2 is 1.95 bits per heavy atom. The Morgan fingerprint density at radius 1 is 1.29 bits per heavy atom. The van der Waals surface area contributed by atoms with Crippen LogP contribution < -0.4 is 5.32 Å². The molecule has 0 spiro atoms. The number of amides is 1. The van der Waals surface area contributed by atoms with Gasteiger partial charge >= 0.3 is 0 Å². The predicted molar refractivity (Wildman–Crippen MR) is 84.4 cm³/mol. The van der Waals surface area contributed by atoms with Gasteiger partial charge in [-0.05, 0) is 42.6 Å². The van der Waals surface area contributed by atoms with Crippen molar-refractivity contribution in [2.45, 2.75) is 17.9 Å². The number of benzene rings is 1. The molecule has 7 heteroatoms. The van der Waals surface area contributed by atoms with E-state index in [9.17, 15) is 13.2 Å². The number of sulfone groups is 1. The minimum Gasteiger partial charge on any atom is -0.348 e. The van der Waals surface area contributed by atoms with Crippen LogP contribution in [0.25, 0.3) is 0 Å². The third kappa shape index (κ3) is 4.30. The largest absolute Gasteiger partial charge is 0.348 e. The van der Waals surface area contributed by atoms with E-state index in [2.05, 4.69) is 5.32 Å². The van der Waals surface area contributed by atoms with Crippen LogP contribution in [0.1, 0.15) is 17.8 Å². The Hall–Kier alpha value is -1.37. The summed E-state index contributed by atoms with van der Waals surface area (Å²) < 4.78 is 24.2. The molecule has 2 rings (SSSR count). The zero-order valence-electron chi connectivity index (χ0n) is 11.2. The highest BCUT2D eigenvalue weighted by atomic mass is 35.5. The Bertz CT molecular complexity index is 709. The van der Waals surface area contributed by atoms with E-state index in [4.69, 9.17) is 11.6 Å². The molecule has 0 saturated heterocycles. The molecule has 21 heavy (non-hydrogen) atoms. The number of halogens is 1. The summed E-state index contributed by atoms with van der Waals surface area (Å²) >= 11 is 7.23. The third-order valence-electron chi connectivity index (χ3n) is 2.84. The van der Waals surface area contributed by atoms with Crippen molar-refractivity contribution in [2.75, 3.05) is 5.75 Å². The number of hydrogen-bond donors (Lipinski definition) is 1. The van der Waals surface area contributed by atoms with Crippen LogP contribution in [0.4, 0.5) is 0 Å². The summed E-state index contributed by atoms with van der Waals surface area (Å²) in [5.41, 5.74) is 0. The van der Waals surface area contributed by atoms with Gasteiger partial charge in [-0.15, -0.1) is 11.3 Å². The van der Waals surface area contributed by atoms with Crippen molar-refractivity contribution in [1.29, 1.82) is 0 Å². The SMILES string of the molecule is CC(NC(=O)CS(=O)(=O)c1ccc(Cl)cc1)c1cccs1. The monoisotopic (exact) mass is 343 g/mol. The van der Waals surface area contributed by atoms with Gasteiger partial charge in [0.05, 0.1) is 10.9 Å². The van der Waals surface area contributed by atoms with E-state index in [0.717, 1.165) is 4.88 Å². The zero-order valence-corrected chi connectivity index (χ0v) is 13.6. The lowest BCUT2D eigenvalue weighted by molar-refractivity contribution is -0.119. The van der Waals surface area contributed by atoms with Crippen LogP contribution in [0.15, 0.2) is 46.7 Å². The molecule has 0 bridgehead atoms. The summed E-state index contributed by atoms with van der Waals surface area (Å²) in [4.78, 5) is 13.0. The van der Waals surface area contributed by atoms with E-state index in [-0.39, 0.29) is 10.9 Å². The minimum absolute atomic E-state index is 0.0887. The fraction of sp³-hybridized carbons (Fsp3) is 0.214. The molecule has 1 amide bonds. The molecule has 0 aliphatic carbocycles. The molecule has 0 radical (unpaired) electrons. The molecule has 1 atom stereocenters. The molecule has 1 N–H and O–H groups in total. The normalized spacial score (nSPS) is 12.9. The number of thiophene rings is 1. The summed E-state index contributed by atoms with van der Waals surface area (Å²) in [6, 6.07) is 9.33. The van der Waals surface area contributed by atoms with Gasteiger partial charge < -0.3 is 5.32 Å². The zero-order chi connectivity index (χ0) is 15.5. The van der Waals surface area contributed by atoms with E-state index in [1.807, 2.05) is 24.4 Å². The van der Waals surface area contributed by atoms with Gasteiger partial charge in [0.2, 0.25) is 5.91 Å². The van der Waals surface area contributed by atoms with Crippen LogP contribution in [-0.2, 0) is 14.6 Å². The van der Waals surface area contributed by atoms with E-state index < -0.39 is 21.5 Å². The molecular formula is C14H14ClNO3S2. The Balaban J connectivity index is 2.03. The second kappa shape index (κ2) is 6.60. The molecule has 1 aromatic carbocycles. The van der Waals surface area contributed by atoms with Crippen LogP contribution in [0.3, 0.4) is 0 Å². The first-order valence-corrected chi connectivity index (χ1v) is 9.10. The second-order valence-corrected chi connectivity index (χ2v) is 7.92. The molecule has 0 fully saturated rings. The molecule has 0 saturated carbocycles. The van der Waals surface area contributed by atoms with E-state index in [0.29, 0.717) is 5.02 Å². The number of rotatable bonds is 5. The van der Waals surface area contributed by atoms with Crippen LogP contribution in [0.5, 0.6) is 0 Å². The summed E-state index contributed by atoms with van der Waals surface area (Å²) in [7, 11) is -3.66. The van der Waals surface area contributed by atoms with Crippen molar-refractivity contribution in [2.24, 2.45) is 0 Å². The molecule has 0 aliphatic heterocycles. The maximum absolute atomic E-state index is 12.1. The Morgan fingerprint density at radius 3 is 2.52 bits per heavy atom. The van der Waals surface area contributed by atoms with E-state index in [1.165, 1.54) is 35.6 Å². The van der Waals surface area contributed by atoms with Gasteiger partial charge in [0.1, 0.15) is 5.75 Å². The summed E-state index contributed by atoms with van der Waals surface area (Å²) in [5, 5.41) is 5.04. The fourth-order valence-electron chi connectivity index (χ4n) is 1.79. The number of hydrogen-bond acceptors (Lipinski definition) is 4. The van der Waals surface area contributed by atoms with Gasteiger partial charge in [-0.3, -0.25) is 4.79 Å². The lowest BCUT2D eigenvalue weighted by Crippen LogP contribution is -2.32. The maximum atomic E-state index is 12.1. The first-order chi connectivity index (χ1) is 9.88. The Labute approximate surface area is 132 Å². The van der Waals surface area contributed by atoms with Crippen LogP contribution in [0, 0.1) is 0 Å². The van der Waals surface area contributed by atoms with Crippen LogP contribution >= 0.6 is 22.9 Å². The van der Waals surface area contributed by atoms with Crippen molar-refractivity contribution in [3.63, 3.8) is 0 Å². The molecule has 1 aromatic heterocycles. The number of carbonyl (C=O) groups excluding carboxylic acids is 1. The molecule has 4 nitrogen and oxygen atoms in total. The average Bonchev–Trinajstić information content (AvgIpc) is 2.92. The predicted octanol–water partition coefficient (Wildman–Crippen LogP) is 3.05. The summed E-state index contributed by atoms with van der Waals surface area (Å²) in [5.74, 6) is -1.10. The number of nitrogens with one attached hydrogen (secondary N) is 1. The van der Waals surface area contributed by atoms with Crippen LogP contribution in [-0.4, -0.2) is 20.1 Å². The average molecular weight is 344 g/mol. The van der Waals surface area contributed by atoms with Gasteiger partial charge in [-0.2, -0.15) is 0 Å². The van der Waals surface area contributed by atoms with Crippen molar-refractivity contribution in [3.8, 4) is 0 Å². The molecular weight excluding hydrogens is 330 g/mol. The third-order valence-corrected chi connectivity index (χ3v) is 5.78. The quantitative estimate of drug-likeness (QED) is 0.907. The smallest absolute Gasteiger partial charge is 0.236 e. The van der Waals surface area contributed by atoms with Crippen LogP contribution in [0.2, 0.25) is 5.02 Å². The van der Waals surface area contributed by atoms with Crippen molar-refractivity contribution in [3.05, 3.63) is 51.7 Å².